The third kappa shape index (κ3) is 3.04. The molecule has 11 heavy (non-hydrogen) atoms. The monoisotopic (exact) mass is 173 g/mol. The van der Waals surface area contributed by atoms with E-state index in [0.717, 1.165) is 11.3 Å². The topological polar surface area (TPSA) is 12.0 Å². The maximum absolute atomic E-state index is 3.57. The van der Waals surface area contributed by atoms with Gasteiger partial charge < -0.3 is 5.32 Å². The predicted molar refractivity (Wildman–Crippen MR) is 52.9 cm³/mol. The summed E-state index contributed by atoms with van der Waals surface area (Å²) in [6.07, 6.45) is 4.03. The lowest BCUT2D eigenvalue weighted by molar-refractivity contribution is 0.438. The highest BCUT2D eigenvalue weighted by molar-refractivity contribution is 7.99. The van der Waals surface area contributed by atoms with Crippen LogP contribution in [0.1, 0.15) is 33.1 Å². The van der Waals surface area contributed by atoms with Gasteiger partial charge in [-0.15, -0.1) is 11.8 Å². The van der Waals surface area contributed by atoms with Crippen molar-refractivity contribution in [3.05, 3.63) is 0 Å². The van der Waals surface area contributed by atoms with Crippen LogP contribution in [0.2, 0.25) is 0 Å². The summed E-state index contributed by atoms with van der Waals surface area (Å²) in [7, 11) is 0. The molecule has 1 heterocycles. The zero-order valence-electron chi connectivity index (χ0n) is 7.60. The normalized spacial score (nSPS) is 28.4. The number of hydrogen-bond acceptors (Lipinski definition) is 2. The van der Waals surface area contributed by atoms with Gasteiger partial charge in [0.2, 0.25) is 0 Å². The Hall–Kier alpha value is 0.310. The molecule has 1 fully saturated rings. The summed E-state index contributed by atoms with van der Waals surface area (Å²) in [5.74, 6) is 2.21. The molecular formula is C9H19NS. The average molecular weight is 173 g/mol. The van der Waals surface area contributed by atoms with Crippen LogP contribution in [0.5, 0.6) is 0 Å². The standard InChI is InChI=1S/C9H19NS/c1-3-5-8(2)9-10-6-4-7-11-9/h8-10H,3-7H2,1-2H3/t8-,9-/m0/s1. The van der Waals surface area contributed by atoms with Crippen molar-refractivity contribution in [3.8, 4) is 0 Å². The zero-order chi connectivity index (χ0) is 8.10. The molecule has 66 valence electrons. The van der Waals surface area contributed by atoms with Gasteiger partial charge in [0.25, 0.3) is 0 Å². The number of rotatable bonds is 3. The van der Waals surface area contributed by atoms with Crippen LogP contribution in [-0.2, 0) is 0 Å². The first-order valence-electron chi connectivity index (χ1n) is 4.69. The third-order valence-electron chi connectivity index (χ3n) is 2.22. The van der Waals surface area contributed by atoms with E-state index >= 15 is 0 Å². The first-order valence-corrected chi connectivity index (χ1v) is 5.74. The molecule has 1 saturated heterocycles. The lowest BCUT2D eigenvalue weighted by Gasteiger charge is -2.28. The molecule has 1 nitrogen and oxygen atoms in total. The van der Waals surface area contributed by atoms with Gasteiger partial charge in [0.1, 0.15) is 0 Å². The second kappa shape index (κ2) is 5.04. The maximum atomic E-state index is 3.57. The highest BCUT2D eigenvalue weighted by Crippen LogP contribution is 2.24. The van der Waals surface area contributed by atoms with Crippen LogP contribution in [0.15, 0.2) is 0 Å². The lowest BCUT2D eigenvalue weighted by atomic mass is 10.1. The second-order valence-electron chi connectivity index (χ2n) is 3.37. The Balaban J connectivity index is 2.21. The molecule has 1 N–H and O–H groups in total. The van der Waals surface area contributed by atoms with E-state index in [2.05, 4.69) is 30.9 Å². The summed E-state index contributed by atoms with van der Waals surface area (Å²) in [6.45, 7) is 5.86. The van der Waals surface area contributed by atoms with Crippen molar-refractivity contribution in [3.63, 3.8) is 0 Å². The maximum Gasteiger partial charge on any atom is 0.0558 e. The Labute approximate surface area is 74.3 Å². The molecule has 0 amide bonds. The molecule has 0 aromatic carbocycles. The first kappa shape index (κ1) is 9.40. The zero-order valence-corrected chi connectivity index (χ0v) is 8.41. The van der Waals surface area contributed by atoms with Gasteiger partial charge in [-0.25, -0.2) is 0 Å². The van der Waals surface area contributed by atoms with Crippen LogP contribution in [0, 0.1) is 5.92 Å². The number of thioether (sulfide) groups is 1. The Morgan fingerprint density at radius 1 is 1.64 bits per heavy atom. The molecule has 0 unspecified atom stereocenters. The first-order chi connectivity index (χ1) is 5.34. The van der Waals surface area contributed by atoms with E-state index in [9.17, 15) is 0 Å². The van der Waals surface area contributed by atoms with Gasteiger partial charge in [-0.2, -0.15) is 0 Å². The van der Waals surface area contributed by atoms with Crippen LogP contribution in [0.25, 0.3) is 0 Å². The second-order valence-corrected chi connectivity index (χ2v) is 4.61. The van der Waals surface area contributed by atoms with E-state index < -0.39 is 0 Å². The highest BCUT2D eigenvalue weighted by Gasteiger charge is 2.18. The molecule has 1 rings (SSSR count). The van der Waals surface area contributed by atoms with Crippen molar-refractivity contribution >= 4 is 11.8 Å². The predicted octanol–water partition coefficient (Wildman–Crippen LogP) is 2.48. The minimum absolute atomic E-state index is 0.740. The van der Waals surface area contributed by atoms with Gasteiger partial charge in [-0.1, -0.05) is 20.3 Å². The molecule has 0 aromatic rings. The fraction of sp³-hybridized carbons (Fsp3) is 1.00. The highest BCUT2D eigenvalue weighted by atomic mass is 32.2. The van der Waals surface area contributed by atoms with Gasteiger partial charge in [0.15, 0.2) is 0 Å². The van der Waals surface area contributed by atoms with Gasteiger partial charge in [-0.05, 0) is 31.1 Å². The summed E-state index contributed by atoms with van der Waals surface area (Å²) in [5.41, 5.74) is 0. The average Bonchev–Trinajstić information content (AvgIpc) is 2.07. The molecule has 0 bridgehead atoms. The van der Waals surface area contributed by atoms with Gasteiger partial charge >= 0.3 is 0 Å². The van der Waals surface area contributed by atoms with Crippen LogP contribution in [0.4, 0.5) is 0 Å². The fourth-order valence-corrected chi connectivity index (χ4v) is 2.82. The summed E-state index contributed by atoms with van der Waals surface area (Å²) in [6, 6.07) is 0. The summed E-state index contributed by atoms with van der Waals surface area (Å²) >= 11 is 2.10. The van der Waals surface area contributed by atoms with Gasteiger partial charge in [-0.3, -0.25) is 0 Å². The van der Waals surface area contributed by atoms with Gasteiger partial charge in [0, 0.05) is 0 Å². The SMILES string of the molecule is CCC[C@H](C)[C@H]1NCCCS1. The van der Waals surface area contributed by atoms with E-state index in [1.54, 1.807) is 0 Å². The van der Waals surface area contributed by atoms with E-state index in [1.165, 1.54) is 31.6 Å². The molecule has 1 aliphatic heterocycles. The van der Waals surface area contributed by atoms with Crippen LogP contribution in [-0.4, -0.2) is 17.7 Å². The molecule has 0 radical (unpaired) electrons. The largest absolute Gasteiger partial charge is 0.305 e. The molecule has 0 aromatic heterocycles. The molecule has 0 spiro atoms. The van der Waals surface area contributed by atoms with Crippen molar-refractivity contribution in [1.82, 2.24) is 5.32 Å². The Kier molecular flexibility index (Phi) is 4.31. The Bertz CT molecular complexity index is 99.7. The molecule has 0 saturated carbocycles. The van der Waals surface area contributed by atoms with E-state index in [0.29, 0.717) is 0 Å². The summed E-state index contributed by atoms with van der Waals surface area (Å²) in [5, 5.41) is 4.31. The molecule has 2 atom stereocenters. The third-order valence-corrected chi connectivity index (χ3v) is 3.74. The number of hydrogen-bond donors (Lipinski definition) is 1. The fourth-order valence-electron chi connectivity index (χ4n) is 1.56. The van der Waals surface area contributed by atoms with Crippen molar-refractivity contribution in [1.29, 1.82) is 0 Å². The van der Waals surface area contributed by atoms with E-state index in [-0.39, 0.29) is 0 Å². The van der Waals surface area contributed by atoms with Crippen molar-refractivity contribution < 1.29 is 0 Å². The van der Waals surface area contributed by atoms with Crippen LogP contribution in [0.3, 0.4) is 0 Å². The van der Waals surface area contributed by atoms with Crippen molar-refractivity contribution in [2.24, 2.45) is 5.92 Å². The quantitative estimate of drug-likeness (QED) is 0.703. The van der Waals surface area contributed by atoms with Crippen LogP contribution >= 0.6 is 11.8 Å². The number of nitrogens with one attached hydrogen (secondary N) is 1. The van der Waals surface area contributed by atoms with E-state index in [4.69, 9.17) is 0 Å². The van der Waals surface area contributed by atoms with Crippen LogP contribution < -0.4 is 5.32 Å². The molecule has 1 aliphatic rings. The summed E-state index contributed by atoms with van der Waals surface area (Å²) in [4.78, 5) is 0. The molecular weight excluding hydrogens is 154 g/mol. The Morgan fingerprint density at radius 2 is 2.45 bits per heavy atom. The molecule has 2 heteroatoms. The van der Waals surface area contributed by atoms with Crippen molar-refractivity contribution in [2.75, 3.05) is 12.3 Å². The Morgan fingerprint density at radius 3 is 3.00 bits per heavy atom. The lowest BCUT2D eigenvalue weighted by Crippen LogP contribution is -2.36. The smallest absolute Gasteiger partial charge is 0.0558 e. The van der Waals surface area contributed by atoms with Gasteiger partial charge in [0.05, 0.1) is 5.37 Å². The minimum Gasteiger partial charge on any atom is -0.305 e. The van der Waals surface area contributed by atoms with E-state index in [1.807, 2.05) is 0 Å². The van der Waals surface area contributed by atoms with Crippen molar-refractivity contribution in [2.45, 2.75) is 38.5 Å². The minimum atomic E-state index is 0.740. The molecule has 0 aliphatic carbocycles. The summed E-state index contributed by atoms with van der Waals surface area (Å²) < 4.78 is 0.